The number of carbonyl (C=O) groups excluding carboxylic acids is 3. The molecular weight excluding hydrogens is 587 g/mol. The molecule has 1 fully saturated rings. The van der Waals surface area contributed by atoms with Crippen LogP contribution >= 0.6 is 23.2 Å². The summed E-state index contributed by atoms with van der Waals surface area (Å²) < 4.78 is 5.99. The molecule has 226 valence electrons. The summed E-state index contributed by atoms with van der Waals surface area (Å²) in [6.07, 6.45) is 3.36. The molecule has 3 amide bonds. The average Bonchev–Trinajstić information content (AvgIpc) is 3.15. The summed E-state index contributed by atoms with van der Waals surface area (Å²) in [5, 5.41) is 6.73. The van der Waals surface area contributed by atoms with Crippen molar-refractivity contribution in [1.29, 1.82) is 0 Å². The Balaban J connectivity index is 1.46. The molecule has 43 heavy (non-hydrogen) atoms. The topological polar surface area (TPSA) is 114 Å². The maximum Gasteiger partial charge on any atom is 0.268 e. The van der Waals surface area contributed by atoms with E-state index < -0.39 is 12.1 Å². The summed E-state index contributed by atoms with van der Waals surface area (Å²) in [4.78, 5) is 42.1. The molecule has 5 rings (SSSR count). The van der Waals surface area contributed by atoms with E-state index in [1.165, 1.54) is 4.90 Å². The zero-order chi connectivity index (χ0) is 30.5. The number of nitrogens with two attached hydrogens (primary N) is 1. The Morgan fingerprint density at radius 1 is 1.07 bits per heavy atom. The monoisotopic (exact) mass is 622 g/mol. The number of para-hydroxylation sites is 1. The third-order valence-electron chi connectivity index (χ3n) is 8.22. The van der Waals surface area contributed by atoms with Gasteiger partial charge < -0.3 is 21.1 Å². The van der Waals surface area contributed by atoms with E-state index >= 15 is 0 Å². The fourth-order valence-electron chi connectivity index (χ4n) is 6.01. The van der Waals surface area contributed by atoms with E-state index in [9.17, 15) is 14.4 Å². The minimum Gasteiger partial charge on any atom is -0.481 e. The van der Waals surface area contributed by atoms with Gasteiger partial charge >= 0.3 is 0 Å². The lowest BCUT2D eigenvalue weighted by molar-refractivity contribution is -0.125. The van der Waals surface area contributed by atoms with Gasteiger partial charge in [0.2, 0.25) is 5.91 Å². The molecule has 2 aliphatic rings. The Bertz CT molecular complexity index is 1480. The van der Waals surface area contributed by atoms with E-state index in [1.54, 1.807) is 55.5 Å². The predicted octanol–water partition coefficient (Wildman–Crippen LogP) is 6.37. The summed E-state index contributed by atoms with van der Waals surface area (Å²) in [6.45, 7) is 2.90. The van der Waals surface area contributed by atoms with E-state index in [0.29, 0.717) is 63.2 Å². The van der Waals surface area contributed by atoms with Crippen LogP contribution in [0.25, 0.3) is 0 Å². The molecule has 1 saturated carbocycles. The van der Waals surface area contributed by atoms with E-state index in [-0.39, 0.29) is 24.1 Å². The fourth-order valence-corrected chi connectivity index (χ4v) is 6.54. The average molecular weight is 624 g/mol. The molecule has 3 aromatic carbocycles. The molecule has 3 aromatic rings. The normalized spacial score (nSPS) is 20.8. The number of benzene rings is 3. The van der Waals surface area contributed by atoms with Gasteiger partial charge in [-0.25, -0.2) is 0 Å². The molecule has 10 heteroatoms. The van der Waals surface area contributed by atoms with Crippen LogP contribution in [0.5, 0.6) is 5.75 Å². The van der Waals surface area contributed by atoms with Crippen LogP contribution in [-0.2, 0) is 9.59 Å². The molecule has 0 saturated heterocycles. The van der Waals surface area contributed by atoms with Crippen molar-refractivity contribution in [2.75, 3.05) is 23.3 Å². The van der Waals surface area contributed by atoms with Crippen molar-refractivity contribution in [2.24, 2.45) is 17.6 Å². The summed E-state index contributed by atoms with van der Waals surface area (Å²) >= 11 is 12.8. The second-order valence-corrected chi connectivity index (χ2v) is 12.1. The lowest BCUT2D eigenvalue weighted by atomic mass is 9.81. The molecule has 0 bridgehead atoms. The number of nitrogens with one attached hydrogen (secondary N) is 2. The smallest absolute Gasteiger partial charge is 0.268 e. The van der Waals surface area contributed by atoms with Crippen molar-refractivity contribution < 1.29 is 19.1 Å². The van der Waals surface area contributed by atoms with Crippen LogP contribution in [0.1, 0.15) is 61.0 Å². The first kappa shape index (κ1) is 30.9. The predicted molar refractivity (Wildman–Crippen MR) is 170 cm³/mol. The lowest BCUT2D eigenvalue weighted by Gasteiger charge is -2.33. The van der Waals surface area contributed by atoms with Crippen molar-refractivity contribution in [2.45, 2.75) is 51.2 Å². The van der Waals surface area contributed by atoms with Crippen molar-refractivity contribution in [1.82, 2.24) is 5.32 Å². The number of anilines is 2. The molecule has 1 heterocycles. The number of fused-ring (bicyclic) bond motifs is 1. The Morgan fingerprint density at radius 2 is 1.84 bits per heavy atom. The minimum absolute atomic E-state index is 0.0641. The van der Waals surface area contributed by atoms with E-state index in [1.807, 2.05) is 18.2 Å². The van der Waals surface area contributed by atoms with Crippen molar-refractivity contribution in [3.63, 3.8) is 0 Å². The first-order chi connectivity index (χ1) is 20.7. The Labute approximate surface area is 261 Å². The first-order valence-electron chi connectivity index (χ1n) is 14.7. The summed E-state index contributed by atoms with van der Waals surface area (Å²) in [5.74, 6) is 0.482. The highest BCUT2D eigenvalue weighted by molar-refractivity contribution is 6.35. The SMILES string of the molecule is CC(Oc1ccccc1)C(=O)N1c2ccc(C(=O)NCC3CCCC(CN)C3)cc2NC(=O)CC1c1ccc(Cl)cc1Cl. The Kier molecular flexibility index (Phi) is 9.90. The number of hydrogen-bond acceptors (Lipinski definition) is 5. The lowest BCUT2D eigenvalue weighted by Crippen LogP contribution is -2.43. The third-order valence-corrected chi connectivity index (χ3v) is 8.78. The van der Waals surface area contributed by atoms with Gasteiger partial charge in [0.25, 0.3) is 11.8 Å². The van der Waals surface area contributed by atoms with Gasteiger partial charge in [0.05, 0.1) is 23.8 Å². The largest absolute Gasteiger partial charge is 0.481 e. The highest BCUT2D eigenvalue weighted by Crippen LogP contribution is 2.42. The first-order valence-corrected chi connectivity index (χ1v) is 15.4. The second-order valence-electron chi connectivity index (χ2n) is 11.3. The van der Waals surface area contributed by atoms with E-state index in [0.717, 1.165) is 25.7 Å². The van der Waals surface area contributed by atoms with Crippen LogP contribution in [0.2, 0.25) is 10.0 Å². The fraction of sp³-hybridized carbons (Fsp3) is 0.364. The second kappa shape index (κ2) is 13.8. The molecule has 4 unspecified atom stereocenters. The number of nitrogens with zero attached hydrogens (tertiary/aromatic N) is 1. The van der Waals surface area contributed by atoms with E-state index in [2.05, 4.69) is 10.6 Å². The third kappa shape index (κ3) is 7.32. The van der Waals surface area contributed by atoms with Crippen LogP contribution in [0.3, 0.4) is 0 Å². The molecule has 1 aliphatic carbocycles. The maximum atomic E-state index is 14.1. The van der Waals surface area contributed by atoms with Gasteiger partial charge in [-0.1, -0.05) is 53.9 Å². The van der Waals surface area contributed by atoms with Crippen LogP contribution in [0.4, 0.5) is 11.4 Å². The summed E-state index contributed by atoms with van der Waals surface area (Å²) in [6, 6.07) is 18.2. The number of carbonyl (C=O) groups is 3. The molecule has 1 aliphatic heterocycles. The van der Waals surface area contributed by atoms with Crippen LogP contribution in [-0.4, -0.2) is 36.9 Å². The zero-order valence-corrected chi connectivity index (χ0v) is 25.5. The number of rotatable bonds is 8. The Morgan fingerprint density at radius 3 is 2.58 bits per heavy atom. The molecule has 0 aromatic heterocycles. The van der Waals surface area contributed by atoms with Crippen LogP contribution in [0.15, 0.2) is 66.7 Å². The molecular formula is C33H36Cl2N4O4. The highest BCUT2D eigenvalue weighted by atomic mass is 35.5. The van der Waals surface area contributed by atoms with Gasteiger partial charge in [0.15, 0.2) is 6.10 Å². The summed E-state index contributed by atoms with van der Waals surface area (Å²) in [7, 11) is 0. The van der Waals surface area contributed by atoms with Crippen molar-refractivity contribution in [3.05, 3.63) is 87.9 Å². The van der Waals surface area contributed by atoms with Crippen molar-refractivity contribution >= 4 is 52.3 Å². The standard InChI is InChI=1S/C33H36Cl2N4O4/c1-20(43-25-8-3-2-4-9-25)33(42)39-29-13-10-23(32(41)37-19-22-7-5-6-21(14-22)18-36)15-28(29)38-31(40)17-30(39)26-12-11-24(34)16-27(26)35/h2-4,8-13,15-16,20-22,30H,5-7,14,17-19,36H2,1H3,(H,37,41)(H,38,40). The van der Waals surface area contributed by atoms with Crippen molar-refractivity contribution in [3.8, 4) is 5.75 Å². The van der Waals surface area contributed by atoms with Gasteiger partial charge in [-0.05, 0) is 92.6 Å². The van der Waals surface area contributed by atoms with Gasteiger partial charge in [-0.2, -0.15) is 0 Å². The van der Waals surface area contributed by atoms with Gasteiger partial charge in [0.1, 0.15) is 5.75 Å². The zero-order valence-electron chi connectivity index (χ0n) is 24.0. The highest BCUT2D eigenvalue weighted by Gasteiger charge is 2.37. The summed E-state index contributed by atoms with van der Waals surface area (Å²) in [5.41, 5.74) is 7.62. The molecule has 0 radical (unpaired) electrons. The number of hydrogen-bond donors (Lipinski definition) is 3. The minimum atomic E-state index is -0.896. The molecule has 8 nitrogen and oxygen atoms in total. The van der Waals surface area contributed by atoms with Crippen LogP contribution in [0, 0.1) is 11.8 Å². The maximum absolute atomic E-state index is 14.1. The number of amides is 3. The van der Waals surface area contributed by atoms with E-state index in [4.69, 9.17) is 33.7 Å². The Hall–Kier alpha value is -3.59. The molecule has 0 spiro atoms. The van der Waals surface area contributed by atoms with Gasteiger partial charge in [0, 0.05) is 22.2 Å². The van der Waals surface area contributed by atoms with Crippen LogP contribution < -0.4 is 26.0 Å². The van der Waals surface area contributed by atoms with Gasteiger partial charge in [-0.15, -0.1) is 0 Å². The molecule has 4 atom stereocenters. The number of halogens is 2. The quantitative estimate of drug-likeness (QED) is 0.270. The molecule has 4 N–H and O–H groups in total. The van der Waals surface area contributed by atoms with Gasteiger partial charge in [-0.3, -0.25) is 19.3 Å². The number of ether oxygens (including phenoxy) is 1.